The number of carbonyl (C=O) groups excluding carboxylic acids is 1. The lowest BCUT2D eigenvalue weighted by molar-refractivity contribution is -0.275. The van der Waals surface area contributed by atoms with E-state index < -0.39 is 18.2 Å². The van der Waals surface area contributed by atoms with E-state index in [1.165, 1.54) is 17.7 Å². The van der Waals surface area contributed by atoms with Gasteiger partial charge >= 0.3 is 6.18 Å². The highest BCUT2D eigenvalue weighted by molar-refractivity contribution is 6.42. The van der Waals surface area contributed by atoms with E-state index in [-0.39, 0.29) is 33.3 Å². The van der Waals surface area contributed by atoms with E-state index in [1.54, 1.807) is 24.3 Å². The summed E-state index contributed by atoms with van der Waals surface area (Å²) in [7, 11) is 0. The zero-order chi connectivity index (χ0) is 24.8. The lowest BCUT2D eigenvalue weighted by Crippen LogP contribution is -2.42. The van der Waals surface area contributed by atoms with E-state index in [0.29, 0.717) is 17.0 Å². The minimum atomic E-state index is -4.76. The zero-order valence-electron chi connectivity index (χ0n) is 18.2. The van der Waals surface area contributed by atoms with Crippen molar-refractivity contribution >= 4 is 34.8 Å². The summed E-state index contributed by atoms with van der Waals surface area (Å²) in [4.78, 5) is 17.7. The lowest BCUT2D eigenvalue weighted by Gasteiger charge is -2.29. The first-order valence-electron chi connectivity index (χ1n) is 10.9. The molecule has 1 amide bonds. The van der Waals surface area contributed by atoms with E-state index >= 15 is 0 Å². The Morgan fingerprint density at radius 3 is 2.37 bits per heavy atom. The van der Waals surface area contributed by atoms with Gasteiger partial charge in [0.25, 0.3) is 11.5 Å². The molecule has 1 aliphatic heterocycles. The number of alkyl halides is 3. The summed E-state index contributed by atoms with van der Waals surface area (Å²) in [6.07, 6.45) is -4.42. The molecule has 3 atom stereocenters. The van der Waals surface area contributed by atoms with Gasteiger partial charge in [-0.3, -0.25) is 4.79 Å². The fraction of sp³-hybridized carbons (Fsp3) is 0.231. The molecule has 0 bridgehead atoms. The highest BCUT2D eigenvalue weighted by Gasteiger charge is 2.62. The van der Waals surface area contributed by atoms with Gasteiger partial charge in [0, 0.05) is 29.5 Å². The molecule has 1 aliphatic carbocycles. The van der Waals surface area contributed by atoms with Gasteiger partial charge in [0.2, 0.25) is 0 Å². The summed E-state index contributed by atoms with van der Waals surface area (Å²) < 4.78 is 42.4. The molecule has 0 radical (unpaired) electrons. The van der Waals surface area contributed by atoms with Crippen LogP contribution in [0.1, 0.15) is 45.8 Å². The number of nitrogens with zero attached hydrogens (tertiary/aromatic N) is 1. The molecular weight excluding hydrogens is 500 g/mol. The maximum atomic E-state index is 14.1. The molecule has 35 heavy (non-hydrogen) atoms. The molecule has 1 saturated carbocycles. The quantitative estimate of drug-likeness (QED) is 0.401. The Bertz CT molecular complexity index is 1300. The molecule has 1 N–H and O–H groups in total. The summed E-state index contributed by atoms with van der Waals surface area (Å²) in [6.45, 7) is 0. The Balaban J connectivity index is 1.29. The maximum absolute atomic E-state index is 14.1. The molecule has 180 valence electrons. The van der Waals surface area contributed by atoms with Crippen LogP contribution in [0.15, 0.2) is 78.0 Å². The van der Waals surface area contributed by atoms with Crippen LogP contribution in [-0.2, 0) is 10.4 Å². The highest BCUT2D eigenvalue weighted by atomic mass is 35.5. The summed E-state index contributed by atoms with van der Waals surface area (Å²) in [5, 5.41) is 6.89. The van der Waals surface area contributed by atoms with Crippen molar-refractivity contribution in [2.24, 2.45) is 5.16 Å². The van der Waals surface area contributed by atoms with Gasteiger partial charge in [-0.15, -0.1) is 0 Å². The predicted molar refractivity (Wildman–Crippen MR) is 128 cm³/mol. The van der Waals surface area contributed by atoms with E-state index in [1.807, 2.05) is 30.3 Å². The molecule has 1 heterocycles. The molecule has 4 nitrogen and oxygen atoms in total. The van der Waals surface area contributed by atoms with Crippen LogP contribution in [0, 0.1) is 0 Å². The molecule has 0 saturated heterocycles. The van der Waals surface area contributed by atoms with Crippen molar-refractivity contribution in [2.45, 2.75) is 36.6 Å². The van der Waals surface area contributed by atoms with Crippen molar-refractivity contribution in [1.82, 2.24) is 5.32 Å². The largest absolute Gasteiger partial charge is 0.435 e. The SMILES string of the molecule is O=C(N[C@H]1C[C@@H]1c1ccccc1)c1ccc(C2=NOC(c3ccc(Cl)c(Cl)c3)(C(F)(F)F)C2)cc1. The number of amides is 1. The number of carbonyl (C=O) groups is 1. The van der Waals surface area contributed by atoms with Gasteiger partial charge in [0.05, 0.1) is 15.8 Å². The number of oxime groups is 1. The van der Waals surface area contributed by atoms with Gasteiger partial charge < -0.3 is 10.2 Å². The molecule has 5 rings (SSSR count). The van der Waals surface area contributed by atoms with Crippen LogP contribution in [0.5, 0.6) is 0 Å². The average molecular weight is 519 g/mol. The monoisotopic (exact) mass is 518 g/mol. The van der Waals surface area contributed by atoms with Crippen molar-refractivity contribution in [3.63, 3.8) is 0 Å². The van der Waals surface area contributed by atoms with Crippen LogP contribution in [0.4, 0.5) is 13.2 Å². The summed E-state index contributed by atoms with van der Waals surface area (Å²) in [6, 6.07) is 20.0. The Hall–Kier alpha value is -3.03. The smallest absolute Gasteiger partial charge is 0.374 e. The number of nitrogens with one attached hydrogen (secondary N) is 1. The Kier molecular flexibility index (Phi) is 6.01. The topological polar surface area (TPSA) is 50.7 Å². The second-order valence-electron chi connectivity index (χ2n) is 8.67. The average Bonchev–Trinajstić information content (AvgIpc) is 3.45. The normalized spacial score (nSPS) is 23.4. The van der Waals surface area contributed by atoms with Crippen LogP contribution in [0.25, 0.3) is 0 Å². The minimum absolute atomic E-state index is 0.00891. The van der Waals surface area contributed by atoms with Gasteiger partial charge in [0.1, 0.15) is 0 Å². The van der Waals surface area contributed by atoms with Gasteiger partial charge in [-0.1, -0.05) is 76.9 Å². The molecule has 0 spiro atoms. The number of rotatable bonds is 5. The maximum Gasteiger partial charge on any atom is 0.435 e. The Morgan fingerprint density at radius 2 is 1.71 bits per heavy atom. The van der Waals surface area contributed by atoms with Crippen molar-refractivity contribution in [3.8, 4) is 0 Å². The molecule has 1 unspecified atom stereocenters. The van der Waals surface area contributed by atoms with Crippen molar-refractivity contribution in [1.29, 1.82) is 0 Å². The lowest BCUT2D eigenvalue weighted by atomic mass is 9.86. The van der Waals surface area contributed by atoms with Gasteiger partial charge in [-0.25, -0.2) is 0 Å². The van der Waals surface area contributed by atoms with Crippen molar-refractivity contribution in [2.75, 3.05) is 0 Å². The second kappa shape index (κ2) is 8.88. The third-order valence-electron chi connectivity index (χ3n) is 6.39. The first-order valence-corrected chi connectivity index (χ1v) is 11.7. The molecule has 9 heteroatoms. The standard InChI is InChI=1S/C26H19Cl2F3N2O2/c27-20-11-10-18(12-21(20)28)25(26(29,30)31)14-23(33-35-25)16-6-8-17(9-7-16)24(34)32-22-13-19(22)15-4-2-1-3-5-15/h1-12,19,22H,13-14H2,(H,32,34)/t19-,22+,25?/m1/s1. The number of benzene rings is 3. The summed E-state index contributed by atoms with van der Waals surface area (Å²) >= 11 is 11.8. The second-order valence-corrected chi connectivity index (χ2v) is 9.48. The summed E-state index contributed by atoms with van der Waals surface area (Å²) in [5.74, 6) is 0.0614. The van der Waals surface area contributed by atoms with E-state index in [4.69, 9.17) is 28.0 Å². The first kappa shape index (κ1) is 23.7. The molecule has 1 fully saturated rings. The van der Waals surface area contributed by atoms with Crippen LogP contribution in [-0.4, -0.2) is 23.8 Å². The third kappa shape index (κ3) is 4.50. The van der Waals surface area contributed by atoms with E-state index in [2.05, 4.69) is 10.5 Å². The van der Waals surface area contributed by atoms with Gasteiger partial charge in [-0.2, -0.15) is 13.2 Å². The molecule has 0 aromatic heterocycles. The van der Waals surface area contributed by atoms with Gasteiger partial charge in [0.15, 0.2) is 0 Å². The van der Waals surface area contributed by atoms with E-state index in [9.17, 15) is 18.0 Å². The van der Waals surface area contributed by atoms with Crippen molar-refractivity contribution in [3.05, 3.63) is 105 Å². The fourth-order valence-corrected chi connectivity index (χ4v) is 4.59. The Labute approximate surface area is 209 Å². The number of halogens is 5. The fourth-order valence-electron chi connectivity index (χ4n) is 4.29. The third-order valence-corrected chi connectivity index (χ3v) is 7.13. The number of hydrogen-bond acceptors (Lipinski definition) is 3. The molecular formula is C26H19Cl2F3N2O2. The van der Waals surface area contributed by atoms with Crippen LogP contribution >= 0.6 is 23.2 Å². The molecule has 3 aromatic carbocycles. The zero-order valence-corrected chi connectivity index (χ0v) is 19.7. The molecule has 2 aliphatic rings. The molecule has 3 aromatic rings. The Morgan fingerprint density at radius 1 is 1.00 bits per heavy atom. The van der Waals surface area contributed by atoms with Crippen LogP contribution < -0.4 is 5.32 Å². The summed E-state index contributed by atoms with van der Waals surface area (Å²) in [5.41, 5.74) is -0.717. The predicted octanol–water partition coefficient (Wildman–Crippen LogP) is 6.86. The highest BCUT2D eigenvalue weighted by Crippen LogP contribution is 2.49. The van der Waals surface area contributed by atoms with Crippen LogP contribution in [0.3, 0.4) is 0 Å². The van der Waals surface area contributed by atoms with Crippen LogP contribution in [0.2, 0.25) is 10.0 Å². The van der Waals surface area contributed by atoms with Gasteiger partial charge in [-0.05, 0) is 41.8 Å². The minimum Gasteiger partial charge on any atom is -0.374 e. The van der Waals surface area contributed by atoms with Crippen molar-refractivity contribution < 1.29 is 22.8 Å². The first-order chi connectivity index (χ1) is 16.7. The van der Waals surface area contributed by atoms with E-state index in [0.717, 1.165) is 12.5 Å². The number of hydrogen-bond donors (Lipinski definition) is 1.